The summed E-state index contributed by atoms with van der Waals surface area (Å²) in [4.78, 5) is 24.3. The molecule has 0 saturated carbocycles. The Labute approximate surface area is 110 Å². The van der Waals surface area contributed by atoms with Gasteiger partial charge in [0.25, 0.3) is 0 Å². The molecule has 0 rings (SSSR count). The Bertz CT molecular complexity index is 295. The molecule has 0 bridgehead atoms. The number of carbonyl (C=O) groups excluding carboxylic acids is 1. The SMILES string of the molecule is CC(C)C(CC(=O)O)NC(=O)N(C)CC(C)(C)C. The van der Waals surface area contributed by atoms with Crippen LogP contribution in [0.5, 0.6) is 0 Å². The number of carbonyl (C=O) groups is 2. The van der Waals surface area contributed by atoms with Crippen molar-refractivity contribution in [2.45, 2.75) is 47.1 Å². The van der Waals surface area contributed by atoms with Gasteiger partial charge in [0.2, 0.25) is 0 Å². The van der Waals surface area contributed by atoms with Gasteiger partial charge >= 0.3 is 12.0 Å². The Morgan fingerprint density at radius 1 is 1.28 bits per heavy atom. The highest BCUT2D eigenvalue weighted by Crippen LogP contribution is 2.14. The van der Waals surface area contributed by atoms with E-state index in [0.29, 0.717) is 6.54 Å². The summed E-state index contributed by atoms with van der Waals surface area (Å²) in [5, 5.41) is 11.6. The van der Waals surface area contributed by atoms with Gasteiger partial charge in [0.1, 0.15) is 0 Å². The number of urea groups is 1. The van der Waals surface area contributed by atoms with Crippen molar-refractivity contribution >= 4 is 12.0 Å². The maximum Gasteiger partial charge on any atom is 0.317 e. The fraction of sp³-hybridized carbons (Fsp3) is 0.846. The van der Waals surface area contributed by atoms with E-state index in [-0.39, 0.29) is 29.8 Å². The highest BCUT2D eigenvalue weighted by molar-refractivity contribution is 5.75. The van der Waals surface area contributed by atoms with Crippen molar-refractivity contribution in [3.63, 3.8) is 0 Å². The van der Waals surface area contributed by atoms with Crippen molar-refractivity contribution in [2.24, 2.45) is 11.3 Å². The van der Waals surface area contributed by atoms with Crippen LogP contribution in [0.25, 0.3) is 0 Å². The summed E-state index contributed by atoms with van der Waals surface area (Å²) in [7, 11) is 1.72. The first-order valence-corrected chi connectivity index (χ1v) is 6.26. The summed E-state index contributed by atoms with van der Waals surface area (Å²) in [5.41, 5.74) is 0.0201. The van der Waals surface area contributed by atoms with Crippen molar-refractivity contribution in [3.05, 3.63) is 0 Å². The maximum atomic E-state index is 11.9. The molecule has 106 valence electrons. The third kappa shape index (κ3) is 7.14. The lowest BCUT2D eigenvalue weighted by Gasteiger charge is -2.29. The van der Waals surface area contributed by atoms with Gasteiger partial charge in [-0.2, -0.15) is 0 Å². The Morgan fingerprint density at radius 2 is 1.78 bits per heavy atom. The van der Waals surface area contributed by atoms with E-state index >= 15 is 0 Å². The molecular weight excluding hydrogens is 232 g/mol. The molecule has 0 aliphatic carbocycles. The molecule has 2 amide bonds. The third-order valence-corrected chi connectivity index (χ3v) is 2.57. The molecule has 0 aliphatic rings. The summed E-state index contributed by atoms with van der Waals surface area (Å²) in [6.45, 7) is 10.6. The van der Waals surface area contributed by atoms with E-state index in [9.17, 15) is 9.59 Å². The highest BCUT2D eigenvalue weighted by atomic mass is 16.4. The van der Waals surface area contributed by atoms with Crippen LogP contribution >= 0.6 is 0 Å². The lowest BCUT2D eigenvalue weighted by Crippen LogP contribution is -2.48. The molecule has 1 atom stereocenters. The average molecular weight is 258 g/mol. The minimum atomic E-state index is -0.896. The Balaban J connectivity index is 4.46. The van der Waals surface area contributed by atoms with Crippen LogP contribution in [0.2, 0.25) is 0 Å². The van der Waals surface area contributed by atoms with Gasteiger partial charge in [-0.1, -0.05) is 34.6 Å². The number of hydrogen-bond donors (Lipinski definition) is 2. The molecule has 5 heteroatoms. The van der Waals surface area contributed by atoms with Gasteiger partial charge in [-0.05, 0) is 11.3 Å². The van der Waals surface area contributed by atoms with Gasteiger partial charge in [0.05, 0.1) is 6.42 Å². The first-order valence-electron chi connectivity index (χ1n) is 6.26. The van der Waals surface area contributed by atoms with Gasteiger partial charge in [-0.15, -0.1) is 0 Å². The quantitative estimate of drug-likeness (QED) is 0.794. The number of amides is 2. The predicted octanol–water partition coefficient (Wildman–Crippen LogP) is 2.17. The average Bonchev–Trinajstić information content (AvgIpc) is 2.12. The van der Waals surface area contributed by atoms with Gasteiger partial charge in [0, 0.05) is 19.6 Å². The Hall–Kier alpha value is -1.26. The van der Waals surface area contributed by atoms with Crippen molar-refractivity contribution in [3.8, 4) is 0 Å². The number of hydrogen-bond acceptors (Lipinski definition) is 2. The van der Waals surface area contributed by atoms with Crippen molar-refractivity contribution < 1.29 is 14.7 Å². The second-order valence-electron chi connectivity index (χ2n) is 6.31. The van der Waals surface area contributed by atoms with E-state index in [4.69, 9.17) is 5.11 Å². The van der Waals surface area contributed by atoms with Crippen LogP contribution in [0.4, 0.5) is 4.79 Å². The Kier molecular flexibility index (Phi) is 6.15. The molecule has 0 spiro atoms. The van der Waals surface area contributed by atoms with Gasteiger partial charge in [-0.25, -0.2) is 4.79 Å². The van der Waals surface area contributed by atoms with Crippen molar-refractivity contribution in [2.75, 3.05) is 13.6 Å². The first-order chi connectivity index (χ1) is 8.03. The fourth-order valence-corrected chi connectivity index (χ4v) is 1.69. The van der Waals surface area contributed by atoms with E-state index in [2.05, 4.69) is 5.32 Å². The van der Waals surface area contributed by atoms with Crippen molar-refractivity contribution in [1.82, 2.24) is 10.2 Å². The van der Waals surface area contributed by atoms with Crippen LogP contribution in [-0.4, -0.2) is 41.6 Å². The normalized spacial score (nSPS) is 13.3. The molecule has 0 aliphatic heterocycles. The van der Waals surface area contributed by atoms with E-state index < -0.39 is 5.97 Å². The van der Waals surface area contributed by atoms with Crippen LogP contribution in [0.1, 0.15) is 41.0 Å². The predicted molar refractivity (Wildman–Crippen MR) is 71.5 cm³/mol. The fourth-order valence-electron chi connectivity index (χ4n) is 1.69. The third-order valence-electron chi connectivity index (χ3n) is 2.57. The molecule has 0 aromatic rings. The van der Waals surface area contributed by atoms with Crippen LogP contribution in [0.15, 0.2) is 0 Å². The molecule has 2 N–H and O–H groups in total. The van der Waals surface area contributed by atoms with E-state index in [0.717, 1.165) is 0 Å². The van der Waals surface area contributed by atoms with Crippen LogP contribution < -0.4 is 5.32 Å². The molecule has 0 saturated heterocycles. The molecule has 1 unspecified atom stereocenters. The van der Waals surface area contributed by atoms with Crippen LogP contribution in [-0.2, 0) is 4.79 Å². The first kappa shape index (κ1) is 16.7. The molecule has 0 fully saturated rings. The smallest absolute Gasteiger partial charge is 0.317 e. The molecule has 5 nitrogen and oxygen atoms in total. The number of rotatable bonds is 5. The minimum Gasteiger partial charge on any atom is -0.481 e. The largest absolute Gasteiger partial charge is 0.481 e. The summed E-state index contributed by atoms with van der Waals surface area (Å²) < 4.78 is 0. The minimum absolute atomic E-state index is 0.0201. The van der Waals surface area contributed by atoms with Crippen LogP contribution in [0, 0.1) is 11.3 Å². The molecule has 0 aromatic heterocycles. The van der Waals surface area contributed by atoms with Crippen LogP contribution in [0.3, 0.4) is 0 Å². The summed E-state index contributed by atoms with van der Waals surface area (Å²) >= 11 is 0. The van der Waals surface area contributed by atoms with E-state index in [1.807, 2.05) is 34.6 Å². The zero-order valence-electron chi connectivity index (χ0n) is 12.3. The molecule has 0 aromatic carbocycles. The zero-order valence-corrected chi connectivity index (χ0v) is 12.3. The molecule has 0 radical (unpaired) electrons. The monoisotopic (exact) mass is 258 g/mol. The zero-order chi connectivity index (χ0) is 14.5. The lowest BCUT2D eigenvalue weighted by atomic mass is 9.96. The van der Waals surface area contributed by atoms with Gasteiger partial charge in [0.15, 0.2) is 0 Å². The number of carboxylic acid groups (broad SMARTS) is 1. The molecule has 18 heavy (non-hydrogen) atoms. The number of nitrogens with zero attached hydrogens (tertiary/aromatic N) is 1. The number of carboxylic acids is 1. The molecular formula is C13H26N2O3. The lowest BCUT2D eigenvalue weighted by molar-refractivity contribution is -0.137. The standard InChI is InChI=1S/C13H26N2O3/c1-9(2)10(7-11(16)17)14-12(18)15(6)8-13(3,4)5/h9-10H,7-8H2,1-6H3,(H,14,18)(H,16,17). The van der Waals surface area contributed by atoms with E-state index in [1.165, 1.54) is 0 Å². The van der Waals surface area contributed by atoms with Gasteiger partial charge in [-0.3, -0.25) is 4.79 Å². The van der Waals surface area contributed by atoms with Gasteiger partial charge < -0.3 is 15.3 Å². The summed E-state index contributed by atoms with van der Waals surface area (Å²) in [6.07, 6.45) is -0.0488. The summed E-state index contributed by atoms with van der Waals surface area (Å²) in [5.74, 6) is -0.805. The molecule has 0 heterocycles. The van der Waals surface area contributed by atoms with E-state index in [1.54, 1.807) is 11.9 Å². The summed E-state index contributed by atoms with van der Waals surface area (Å²) in [6, 6.07) is -0.553. The second kappa shape index (κ2) is 6.61. The van der Waals surface area contributed by atoms with Crippen molar-refractivity contribution in [1.29, 1.82) is 0 Å². The number of nitrogens with one attached hydrogen (secondary N) is 1. The highest BCUT2D eigenvalue weighted by Gasteiger charge is 2.23. The topological polar surface area (TPSA) is 69.6 Å². The second-order valence-corrected chi connectivity index (χ2v) is 6.31. The maximum absolute atomic E-state index is 11.9. The number of aliphatic carboxylic acids is 1. The Morgan fingerprint density at radius 3 is 2.11 bits per heavy atom.